The minimum absolute atomic E-state index is 0.627. The molecule has 0 atom stereocenters. The Bertz CT molecular complexity index is 241. The molecule has 1 fully saturated rings. The molecule has 0 bridgehead atoms. The lowest BCUT2D eigenvalue weighted by Crippen LogP contribution is -1.96. The largest absolute Gasteiger partial charge is 0.204 e. The summed E-state index contributed by atoms with van der Waals surface area (Å²) < 4.78 is 26.2. The van der Waals surface area contributed by atoms with E-state index in [1.54, 1.807) is 0 Å². The molecule has 0 aromatic carbocycles. The van der Waals surface area contributed by atoms with Gasteiger partial charge in [-0.05, 0) is 37.3 Å². The van der Waals surface area contributed by atoms with Gasteiger partial charge in [-0.15, -0.1) is 0 Å². The van der Waals surface area contributed by atoms with Gasteiger partial charge in [0.25, 0.3) is 0 Å². The second-order valence-electron chi connectivity index (χ2n) is 3.23. The zero-order valence-corrected chi connectivity index (χ0v) is 7.65. The SMILES string of the molecule is C=C/C=C(/F)C(F)=C1CCCCC1. The molecule has 1 saturated carbocycles. The van der Waals surface area contributed by atoms with Crippen LogP contribution in [0.2, 0.25) is 0 Å². The van der Waals surface area contributed by atoms with Crippen LogP contribution in [0.1, 0.15) is 32.1 Å². The third-order valence-electron chi connectivity index (χ3n) is 2.24. The van der Waals surface area contributed by atoms with Crippen LogP contribution in [0, 0.1) is 0 Å². The van der Waals surface area contributed by atoms with Crippen molar-refractivity contribution in [3.8, 4) is 0 Å². The first kappa shape index (κ1) is 10.2. The summed E-state index contributed by atoms with van der Waals surface area (Å²) in [6, 6.07) is 0. The summed E-state index contributed by atoms with van der Waals surface area (Å²) in [5, 5.41) is 0. The second kappa shape index (κ2) is 4.95. The molecule has 0 aliphatic heterocycles. The van der Waals surface area contributed by atoms with Crippen molar-refractivity contribution in [3.05, 3.63) is 36.0 Å². The molecule has 2 heteroatoms. The lowest BCUT2D eigenvalue weighted by molar-refractivity contribution is 0.504. The lowest BCUT2D eigenvalue weighted by Gasteiger charge is -2.13. The maximum Gasteiger partial charge on any atom is 0.158 e. The molecule has 72 valence electrons. The Morgan fingerprint density at radius 1 is 1.15 bits per heavy atom. The molecular weight excluding hydrogens is 170 g/mol. The molecule has 0 radical (unpaired) electrons. The van der Waals surface area contributed by atoms with Gasteiger partial charge in [-0.1, -0.05) is 19.1 Å². The fraction of sp³-hybridized carbons (Fsp3) is 0.455. The number of allylic oxidation sites excluding steroid dienone is 5. The van der Waals surface area contributed by atoms with Crippen molar-refractivity contribution in [2.45, 2.75) is 32.1 Å². The van der Waals surface area contributed by atoms with Crippen LogP contribution in [0.3, 0.4) is 0 Å². The minimum atomic E-state index is -0.785. The van der Waals surface area contributed by atoms with E-state index >= 15 is 0 Å². The van der Waals surface area contributed by atoms with Gasteiger partial charge >= 0.3 is 0 Å². The molecule has 13 heavy (non-hydrogen) atoms. The van der Waals surface area contributed by atoms with E-state index in [2.05, 4.69) is 6.58 Å². The third kappa shape index (κ3) is 2.79. The molecule has 0 aromatic rings. The van der Waals surface area contributed by atoms with Gasteiger partial charge in [0.15, 0.2) is 11.7 Å². The zero-order chi connectivity index (χ0) is 9.68. The first-order valence-electron chi connectivity index (χ1n) is 4.62. The average Bonchev–Trinajstić information content (AvgIpc) is 2.18. The highest BCUT2D eigenvalue weighted by Gasteiger charge is 2.13. The molecule has 0 spiro atoms. The van der Waals surface area contributed by atoms with Gasteiger partial charge in [-0.25, -0.2) is 8.78 Å². The molecule has 0 nitrogen and oxygen atoms in total. The molecule has 0 heterocycles. The average molecular weight is 184 g/mol. The van der Waals surface area contributed by atoms with Crippen molar-refractivity contribution in [2.24, 2.45) is 0 Å². The molecule has 1 aliphatic carbocycles. The van der Waals surface area contributed by atoms with E-state index in [1.807, 2.05) is 0 Å². The van der Waals surface area contributed by atoms with Crippen LogP contribution >= 0.6 is 0 Å². The summed E-state index contributed by atoms with van der Waals surface area (Å²) in [5.74, 6) is -1.45. The highest BCUT2D eigenvalue weighted by molar-refractivity contribution is 5.28. The Morgan fingerprint density at radius 3 is 2.31 bits per heavy atom. The van der Waals surface area contributed by atoms with E-state index in [1.165, 1.54) is 6.08 Å². The Kier molecular flexibility index (Phi) is 3.87. The normalized spacial score (nSPS) is 18.6. The predicted octanol–water partition coefficient (Wildman–Crippen LogP) is 4.21. The summed E-state index contributed by atoms with van der Waals surface area (Å²) in [4.78, 5) is 0. The highest BCUT2D eigenvalue weighted by Crippen LogP contribution is 2.29. The lowest BCUT2D eigenvalue weighted by atomic mass is 9.94. The Hall–Kier alpha value is -0.920. The highest BCUT2D eigenvalue weighted by atomic mass is 19.2. The summed E-state index contributed by atoms with van der Waals surface area (Å²) >= 11 is 0. The minimum Gasteiger partial charge on any atom is -0.204 e. The van der Waals surface area contributed by atoms with Gasteiger partial charge in [0.1, 0.15) is 0 Å². The van der Waals surface area contributed by atoms with Gasteiger partial charge in [-0.2, -0.15) is 0 Å². The van der Waals surface area contributed by atoms with Gasteiger partial charge in [0.2, 0.25) is 0 Å². The number of hydrogen-bond acceptors (Lipinski definition) is 0. The molecule has 0 N–H and O–H groups in total. The first-order valence-corrected chi connectivity index (χ1v) is 4.62. The monoisotopic (exact) mass is 184 g/mol. The molecule has 0 aromatic heterocycles. The van der Waals surface area contributed by atoms with Crippen LogP contribution in [0.5, 0.6) is 0 Å². The van der Waals surface area contributed by atoms with Crippen molar-refractivity contribution in [3.63, 3.8) is 0 Å². The number of rotatable bonds is 2. The zero-order valence-electron chi connectivity index (χ0n) is 7.65. The Balaban J connectivity index is 2.76. The Morgan fingerprint density at radius 2 is 1.77 bits per heavy atom. The molecular formula is C11H14F2. The van der Waals surface area contributed by atoms with Crippen LogP contribution in [-0.4, -0.2) is 0 Å². The first-order chi connectivity index (χ1) is 6.25. The molecule has 0 unspecified atom stereocenters. The van der Waals surface area contributed by atoms with Crippen LogP contribution in [0.15, 0.2) is 36.0 Å². The van der Waals surface area contributed by atoms with Gasteiger partial charge in [0.05, 0.1) is 0 Å². The summed E-state index contributed by atoms with van der Waals surface area (Å²) in [5.41, 5.74) is 0.627. The smallest absolute Gasteiger partial charge is 0.158 e. The van der Waals surface area contributed by atoms with E-state index in [9.17, 15) is 8.78 Å². The number of hydrogen-bond donors (Lipinski definition) is 0. The van der Waals surface area contributed by atoms with E-state index in [4.69, 9.17) is 0 Å². The van der Waals surface area contributed by atoms with E-state index in [0.29, 0.717) is 18.4 Å². The molecule has 1 rings (SSSR count). The van der Waals surface area contributed by atoms with Crippen LogP contribution in [0.25, 0.3) is 0 Å². The second-order valence-corrected chi connectivity index (χ2v) is 3.23. The summed E-state index contributed by atoms with van der Waals surface area (Å²) in [7, 11) is 0. The van der Waals surface area contributed by atoms with Gasteiger partial charge in [-0.3, -0.25) is 0 Å². The van der Waals surface area contributed by atoms with Crippen LogP contribution < -0.4 is 0 Å². The van der Waals surface area contributed by atoms with Crippen molar-refractivity contribution in [1.82, 2.24) is 0 Å². The molecule has 0 saturated heterocycles. The van der Waals surface area contributed by atoms with Crippen molar-refractivity contribution in [1.29, 1.82) is 0 Å². The quantitative estimate of drug-likeness (QED) is 0.564. The van der Waals surface area contributed by atoms with E-state index < -0.39 is 11.7 Å². The fourth-order valence-corrected chi connectivity index (χ4v) is 1.54. The number of halogens is 2. The van der Waals surface area contributed by atoms with Gasteiger partial charge < -0.3 is 0 Å². The van der Waals surface area contributed by atoms with Gasteiger partial charge in [0, 0.05) is 0 Å². The topological polar surface area (TPSA) is 0 Å². The summed E-state index contributed by atoms with van der Waals surface area (Å²) in [6.45, 7) is 3.32. The van der Waals surface area contributed by atoms with Crippen molar-refractivity contribution >= 4 is 0 Å². The Labute approximate surface area is 77.6 Å². The van der Waals surface area contributed by atoms with Crippen LogP contribution in [-0.2, 0) is 0 Å². The third-order valence-corrected chi connectivity index (χ3v) is 2.24. The molecule has 1 aliphatic rings. The molecule has 0 amide bonds. The van der Waals surface area contributed by atoms with Crippen molar-refractivity contribution < 1.29 is 8.78 Å². The maximum atomic E-state index is 13.3. The van der Waals surface area contributed by atoms with Crippen LogP contribution in [0.4, 0.5) is 8.78 Å². The standard InChI is InChI=1S/C11H14F2/c1-2-6-10(12)11(13)9-7-4-3-5-8-9/h2,6H,1,3-5,7-8H2/b10-6+. The predicted molar refractivity (Wildman–Crippen MR) is 50.6 cm³/mol. The van der Waals surface area contributed by atoms with Crippen molar-refractivity contribution in [2.75, 3.05) is 0 Å². The van der Waals surface area contributed by atoms with E-state index in [-0.39, 0.29) is 0 Å². The maximum absolute atomic E-state index is 13.3. The summed E-state index contributed by atoms with van der Waals surface area (Å²) in [6.07, 6.45) is 6.81. The fourth-order valence-electron chi connectivity index (χ4n) is 1.54. The van der Waals surface area contributed by atoms with E-state index in [0.717, 1.165) is 25.3 Å².